The van der Waals surface area contributed by atoms with Crippen LogP contribution in [0.5, 0.6) is 0 Å². The predicted molar refractivity (Wildman–Crippen MR) is 39.5 cm³/mol. The highest BCUT2D eigenvalue weighted by Crippen LogP contribution is 1.64. The van der Waals surface area contributed by atoms with Crippen molar-refractivity contribution in [2.45, 2.75) is 13.0 Å². The highest BCUT2D eigenvalue weighted by atomic mass is 16.4. The third-order valence-corrected chi connectivity index (χ3v) is 0.623. The molecular formula is C5H13N3O3. The van der Waals surface area contributed by atoms with Gasteiger partial charge in [0, 0.05) is 0 Å². The van der Waals surface area contributed by atoms with Gasteiger partial charge in [0.15, 0.2) is 0 Å². The molecule has 0 aliphatic rings. The van der Waals surface area contributed by atoms with Gasteiger partial charge in [0.25, 0.3) is 0 Å². The van der Waals surface area contributed by atoms with E-state index in [1.165, 1.54) is 0 Å². The summed E-state index contributed by atoms with van der Waals surface area (Å²) < 4.78 is 0. The van der Waals surface area contributed by atoms with Gasteiger partial charge in [0.1, 0.15) is 0 Å². The van der Waals surface area contributed by atoms with Crippen molar-refractivity contribution in [1.82, 2.24) is 0 Å². The molecule has 0 aromatic heterocycles. The largest absolute Gasteiger partial charge is 0.480 e. The Morgan fingerprint density at radius 3 is 1.73 bits per heavy atom. The molecule has 0 fully saturated rings. The molecule has 0 rings (SSSR count). The molecule has 0 saturated carbocycles. The van der Waals surface area contributed by atoms with Crippen LogP contribution in [0.2, 0.25) is 0 Å². The first-order valence-corrected chi connectivity index (χ1v) is 2.88. The van der Waals surface area contributed by atoms with E-state index in [-0.39, 0.29) is 6.54 Å². The minimum atomic E-state index is -0.968. The van der Waals surface area contributed by atoms with E-state index in [2.05, 4.69) is 11.5 Å². The summed E-state index contributed by atoms with van der Waals surface area (Å²) in [5.41, 5.74) is 14.2. The molecule has 6 nitrogen and oxygen atoms in total. The van der Waals surface area contributed by atoms with Crippen LogP contribution >= 0.6 is 0 Å². The molecule has 1 unspecified atom stereocenters. The van der Waals surface area contributed by atoms with Gasteiger partial charge in [0.2, 0.25) is 5.91 Å². The Hall–Kier alpha value is -1.14. The minimum absolute atomic E-state index is 0.278. The van der Waals surface area contributed by atoms with Crippen molar-refractivity contribution in [2.75, 3.05) is 6.54 Å². The van der Waals surface area contributed by atoms with Crippen LogP contribution in [0.25, 0.3) is 0 Å². The smallest absolute Gasteiger partial charge is 0.317 e. The van der Waals surface area contributed by atoms with Gasteiger partial charge < -0.3 is 22.3 Å². The lowest BCUT2D eigenvalue weighted by molar-refractivity contribution is -0.135. The van der Waals surface area contributed by atoms with Crippen LogP contribution in [0.1, 0.15) is 6.92 Å². The number of carboxylic acid groups (broad SMARTS) is 1. The minimum Gasteiger partial charge on any atom is -0.480 e. The second-order valence-electron chi connectivity index (χ2n) is 1.79. The molecule has 66 valence electrons. The van der Waals surface area contributed by atoms with Gasteiger partial charge in [-0.2, -0.15) is 0 Å². The standard InChI is InChI=1S/C3H8N2O.C2H5NO2/c1-2(4)3(5)6;3-1-2(4)5/h2H,4H2,1H3,(H2,5,6);1,3H2,(H,4,5). The molecule has 0 heterocycles. The lowest BCUT2D eigenvalue weighted by atomic mass is 10.4. The van der Waals surface area contributed by atoms with Crippen LogP contribution in [-0.2, 0) is 9.59 Å². The molecular weight excluding hydrogens is 150 g/mol. The normalized spacial score (nSPS) is 10.8. The van der Waals surface area contributed by atoms with Crippen LogP contribution in [0.15, 0.2) is 0 Å². The van der Waals surface area contributed by atoms with E-state index in [0.717, 1.165) is 0 Å². The number of amides is 1. The molecule has 0 radical (unpaired) electrons. The molecule has 1 amide bonds. The van der Waals surface area contributed by atoms with E-state index in [9.17, 15) is 9.59 Å². The van der Waals surface area contributed by atoms with Crippen molar-refractivity contribution in [1.29, 1.82) is 0 Å². The Kier molecular flexibility index (Phi) is 7.94. The molecule has 0 aliphatic carbocycles. The first-order valence-electron chi connectivity index (χ1n) is 2.88. The Bertz CT molecular complexity index is 135. The summed E-state index contributed by atoms with van der Waals surface area (Å²) in [6, 6.07) is -0.509. The average Bonchev–Trinajstić information content (AvgIpc) is 1.89. The number of aliphatic carboxylic acids is 1. The zero-order chi connectivity index (χ0) is 9.44. The lowest BCUT2D eigenvalue weighted by Crippen LogP contribution is -2.32. The van der Waals surface area contributed by atoms with Crippen molar-refractivity contribution in [2.24, 2.45) is 17.2 Å². The first kappa shape index (κ1) is 12.5. The summed E-state index contributed by atoms with van der Waals surface area (Å²) in [6.45, 7) is 1.27. The number of rotatable bonds is 2. The number of nitrogens with two attached hydrogens (primary N) is 3. The Morgan fingerprint density at radius 2 is 1.73 bits per heavy atom. The van der Waals surface area contributed by atoms with Gasteiger partial charge in [-0.1, -0.05) is 0 Å². The summed E-state index contributed by atoms with van der Waals surface area (Å²) in [4.78, 5) is 19.0. The number of carboxylic acids is 1. The van der Waals surface area contributed by atoms with Gasteiger partial charge in [-0.05, 0) is 6.92 Å². The third kappa shape index (κ3) is 17.7. The van der Waals surface area contributed by atoms with Gasteiger partial charge >= 0.3 is 5.97 Å². The van der Waals surface area contributed by atoms with E-state index < -0.39 is 17.9 Å². The molecule has 7 N–H and O–H groups in total. The van der Waals surface area contributed by atoms with E-state index in [1.807, 2.05) is 0 Å². The zero-order valence-electron chi connectivity index (χ0n) is 6.28. The Labute approximate surface area is 64.3 Å². The van der Waals surface area contributed by atoms with Gasteiger partial charge in [-0.3, -0.25) is 9.59 Å². The lowest BCUT2D eigenvalue weighted by Gasteiger charge is -1.91. The van der Waals surface area contributed by atoms with E-state index in [4.69, 9.17) is 10.8 Å². The highest BCUT2D eigenvalue weighted by Gasteiger charge is 1.96. The number of carbonyl (C=O) groups is 2. The van der Waals surface area contributed by atoms with Crippen molar-refractivity contribution in [3.63, 3.8) is 0 Å². The van der Waals surface area contributed by atoms with Gasteiger partial charge in [-0.15, -0.1) is 0 Å². The summed E-state index contributed by atoms with van der Waals surface area (Å²) in [5, 5.41) is 7.60. The van der Waals surface area contributed by atoms with Crippen LogP contribution in [0.4, 0.5) is 0 Å². The summed E-state index contributed by atoms with van der Waals surface area (Å²) >= 11 is 0. The van der Waals surface area contributed by atoms with Crippen molar-refractivity contribution in [3.05, 3.63) is 0 Å². The second kappa shape index (κ2) is 6.97. The molecule has 0 spiro atoms. The quantitative estimate of drug-likeness (QED) is 0.368. The fourth-order valence-corrected chi connectivity index (χ4v) is 0. The molecule has 0 aromatic rings. The monoisotopic (exact) mass is 163 g/mol. The topological polar surface area (TPSA) is 132 Å². The fraction of sp³-hybridized carbons (Fsp3) is 0.600. The van der Waals surface area contributed by atoms with Crippen LogP contribution in [-0.4, -0.2) is 29.6 Å². The maximum atomic E-state index is 9.80. The molecule has 0 saturated heterocycles. The van der Waals surface area contributed by atoms with E-state index in [0.29, 0.717) is 0 Å². The van der Waals surface area contributed by atoms with Crippen LogP contribution in [0.3, 0.4) is 0 Å². The Morgan fingerprint density at radius 1 is 1.55 bits per heavy atom. The molecule has 6 heteroatoms. The summed E-state index contributed by atoms with van der Waals surface area (Å²) in [6.07, 6.45) is 0. The highest BCUT2D eigenvalue weighted by molar-refractivity contribution is 5.78. The van der Waals surface area contributed by atoms with Gasteiger partial charge in [-0.25, -0.2) is 0 Å². The van der Waals surface area contributed by atoms with Gasteiger partial charge in [0.05, 0.1) is 12.6 Å². The van der Waals surface area contributed by atoms with Crippen molar-refractivity contribution in [3.8, 4) is 0 Å². The molecule has 11 heavy (non-hydrogen) atoms. The molecule has 0 aliphatic heterocycles. The maximum Gasteiger partial charge on any atom is 0.317 e. The zero-order valence-corrected chi connectivity index (χ0v) is 6.28. The predicted octanol–water partition coefficient (Wildman–Crippen LogP) is -2.15. The van der Waals surface area contributed by atoms with Crippen molar-refractivity contribution >= 4 is 11.9 Å². The fourth-order valence-electron chi connectivity index (χ4n) is 0. The van der Waals surface area contributed by atoms with Crippen molar-refractivity contribution < 1.29 is 14.7 Å². The number of hydrogen-bond donors (Lipinski definition) is 4. The number of primary amides is 1. The summed E-state index contributed by atoms with van der Waals surface area (Å²) in [7, 11) is 0. The van der Waals surface area contributed by atoms with E-state index in [1.54, 1.807) is 6.92 Å². The second-order valence-corrected chi connectivity index (χ2v) is 1.79. The van der Waals surface area contributed by atoms with Crippen LogP contribution < -0.4 is 17.2 Å². The molecule has 0 aromatic carbocycles. The third-order valence-electron chi connectivity index (χ3n) is 0.623. The maximum absolute atomic E-state index is 9.80. The summed E-state index contributed by atoms with van der Waals surface area (Å²) in [5.74, 6) is -1.43. The first-order chi connectivity index (χ1) is 4.91. The number of carbonyl (C=O) groups excluding carboxylic acids is 1. The molecule has 1 atom stereocenters. The molecule has 0 bridgehead atoms. The Balaban J connectivity index is 0. The average molecular weight is 163 g/mol. The SMILES string of the molecule is CC(N)C(N)=O.NCC(=O)O. The van der Waals surface area contributed by atoms with E-state index >= 15 is 0 Å². The number of hydrogen-bond acceptors (Lipinski definition) is 4. The van der Waals surface area contributed by atoms with Crippen LogP contribution in [0, 0.1) is 0 Å².